The molecule has 0 spiro atoms. The molecule has 1 fully saturated rings. The number of nitrogens with one attached hydrogen (secondary N) is 2. The molecule has 0 bridgehead atoms. The Labute approximate surface area is 173 Å². The lowest BCUT2D eigenvalue weighted by Gasteiger charge is -2.06. The van der Waals surface area contributed by atoms with Crippen molar-refractivity contribution in [2.75, 3.05) is 17.3 Å². The van der Waals surface area contributed by atoms with Gasteiger partial charge in [-0.05, 0) is 17.9 Å². The molecule has 156 valence electrons. The Hall–Kier alpha value is -2.40. The molecule has 11 heteroatoms. The van der Waals surface area contributed by atoms with Crippen molar-refractivity contribution in [2.24, 2.45) is 5.92 Å². The standard InChI is InChI=1S/C18H22N4O5S2/c23-15(20-17(24)19-11-13-4-2-1-3-5-13)6-8-28-18-22-21-16(27-18)10-14-7-9-29(25,26)12-14/h1-5,14H,6-12H2,(H2,19,20,23,24)/t14-/m1/s1. The van der Waals surface area contributed by atoms with Crippen molar-refractivity contribution in [2.45, 2.75) is 31.0 Å². The largest absolute Gasteiger partial charge is 0.416 e. The molecule has 1 aliphatic rings. The molecule has 1 aromatic heterocycles. The zero-order valence-corrected chi connectivity index (χ0v) is 17.3. The number of sulfone groups is 1. The fourth-order valence-electron chi connectivity index (χ4n) is 2.90. The molecule has 29 heavy (non-hydrogen) atoms. The van der Waals surface area contributed by atoms with Gasteiger partial charge in [-0.3, -0.25) is 10.1 Å². The Bertz CT molecular complexity index is 946. The maximum Gasteiger partial charge on any atom is 0.321 e. The number of imide groups is 1. The summed E-state index contributed by atoms with van der Waals surface area (Å²) in [5, 5.41) is 13.0. The van der Waals surface area contributed by atoms with Gasteiger partial charge in [0.1, 0.15) is 0 Å². The summed E-state index contributed by atoms with van der Waals surface area (Å²) in [5.41, 5.74) is 0.938. The van der Waals surface area contributed by atoms with Gasteiger partial charge in [0.25, 0.3) is 5.22 Å². The first-order chi connectivity index (χ1) is 13.9. The van der Waals surface area contributed by atoms with E-state index in [1.807, 2.05) is 30.3 Å². The van der Waals surface area contributed by atoms with Gasteiger partial charge in [-0.15, -0.1) is 10.2 Å². The highest BCUT2D eigenvalue weighted by atomic mass is 32.2. The first-order valence-corrected chi connectivity index (χ1v) is 12.0. The highest BCUT2D eigenvalue weighted by molar-refractivity contribution is 7.99. The predicted molar refractivity (Wildman–Crippen MR) is 107 cm³/mol. The fourth-order valence-corrected chi connectivity index (χ4v) is 5.48. The van der Waals surface area contributed by atoms with Crippen molar-refractivity contribution in [3.05, 3.63) is 41.8 Å². The summed E-state index contributed by atoms with van der Waals surface area (Å²) in [6.45, 7) is 0.335. The van der Waals surface area contributed by atoms with E-state index in [2.05, 4.69) is 20.8 Å². The molecule has 2 aromatic rings. The second-order valence-corrected chi connectivity index (χ2v) is 10.0. The van der Waals surface area contributed by atoms with Crippen LogP contribution in [-0.4, -0.2) is 47.8 Å². The van der Waals surface area contributed by atoms with Gasteiger partial charge in [0.05, 0.1) is 11.5 Å². The van der Waals surface area contributed by atoms with Crippen molar-refractivity contribution >= 4 is 33.5 Å². The van der Waals surface area contributed by atoms with Crippen molar-refractivity contribution < 1.29 is 22.4 Å². The van der Waals surface area contributed by atoms with Crippen LogP contribution in [0, 0.1) is 5.92 Å². The Kier molecular flexibility index (Phi) is 7.26. The molecule has 1 aliphatic heterocycles. The second kappa shape index (κ2) is 9.88. The van der Waals surface area contributed by atoms with Gasteiger partial charge in [-0.25, -0.2) is 13.2 Å². The van der Waals surface area contributed by atoms with E-state index in [1.165, 1.54) is 11.8 Å². The Morgan fingerprint density at radius 3 is 2.72 bits per heavy atom. The number of carbonyl (C=O) groups excluding carboxylic acids is 2. The van der Waals surface area contributed by atoms with E-state index in [0.29, 0.717) is 36.3 Å². The van der Waals surface area contributed by atoms with Gasteiger partial charge in [0, 0.05) is 25.1 Å². The molecule has 2 N–H and O–H groups in total. The van der Waals surface area contributed by atoms with Crippen molar-refractivity contribution in [1.29, 1.82) is 0 Å². The molecule has 0 unspecified atom stereocenters. The van der Waals surface area contributed by atoms with Crippen LogP contribution in [-0.2, 0) is 27.6 Å². The van der Waals surface area contributed by atoms with Gasteiger partial charge in [0.15, 0.2) is 9.84 Å². The number of aromatic nitrogens is 2. The van der Waals surface area contributed by atoms with Crippen LogP contribution in [0.15, 0.2) is 40.0 Å². The maximum absolute atomic E-state index is 11.8. The molecule has 9 nitrogen and oxygen atoms in total. The lowest BCUT2D eigenvalue weighted by molar-refractivity contribution is -0.119. The molecule has 3 amide bonds. The molecule has 1 saturated heterocycles. The quantitative estimate of drug-likeness (QED) is 0.594. The summed E-state index contributed by atoms with van der Waals surface area (Å²) in [7, 11) is -2.93. The minimum atomic E-state index is -2.93. The van der Waals surface area contributed by atoms with Gasteiger partial charge in [-0.1, -0.05) is 42.1 Å². The third-order valence-electron chi connectivity index (χ3n) is 4.34. The van der Waals surface area contributed by atoms with Gasteiger partial charge < -0.3 is 9.73 Å². The van der Waals surface area contributed by atoms with Gasteiger partial charge in [0.2, 0.25) is 11.8 Å². The van der Waals surface area contributed by atoms with E-state index in [9.17, 15) is 18.0 Å². The van der Waals surface area contributed by atoms with E-state index < -0.39 is 21.8 Å². The van der Waals surface area contributed by atoms with E-state index in [0.717, 1.165) is 5.56 Å². The summed E-state index contributed by atoms with van der Waals surface area (Å²) in [4.78, 5) is 23.6. The van der Waals surface area contributed by atoms with Crippen LogP contribution in [0.3, 0.4) is 0 Å². The summed E-state index contributed by atoms with van der Waals surface area (Å²) in [5.74, 6) is 0.750. The average molecular weight is 439 g/mol. The maximum atomic E-state index is 11.8. The van der Waals surface area contributed by atoms with Crippen LogP contribution < -0.4 is 10.6 Å². The SMILES string of the molecule is O=C(CCSc1nnc(C[C@H]2CCS(=O)(=O)C2)o1)NC(=O)NCc1ccccc1. The minimum Gasteiger partial charge on any atom is -0.416 e. The van der Waals surface area contributed by atoms with Crippen LogP contribution in [0.4, 0.5) is 4.79 Å². The first-order valence-electron chi connectivity index (χ1n) is 9.17. The number of benzene rings is 1. The highest BCUT2D eigenvalue weighted by Gasteiger charge is 2.29. The number of rotatable bonds is 8. The van der Waals surface area contributed by atoms with Crippen molar-refractivity contribution in [1.82, 2.24) is 20.8 Å². The monoisotopic (exact) mass is 438 g/mol. The second-order valence-electron chi connectivity index (χ2n) is 6.75. The Morgan fingerprint density at radius 2 is 2.00 bits per heavy atom. The Balaban J connectivity index is 1.33. The lowest BCUT2D eigenvalue weighted by Crippen LogP contribution is -2.39. The van der Waals surface area contributed by atoms with E-state index in [-0.39, 0.29) is 23.8 Å². The van der Waals surface area contributed by atoms with Crippen molar-refractivity contribution in [3.63, 3.8) is 0 Å². The molecule has 0 saturated carbocycles. The number of nitrogens with zero attached hydrogens (tertiary/aromatic N) is 2. The lowest BCUT2D eigenvalue weighted by atomic mass is 10.1. The number of thioether (sulfide) groups is 1. The summed E-state index contributed by atoms with van der Waals surface area (Å²) >= 11 is 1.21. The van der Waals surface area contributed by atoms with Gasteiger partial charge in [-0.2, -0.15) is 0 Å². The molecule has 1 atom stereocenters. The molecular formula is C18H22N4O5S2. The van der Waals surface area contributed by atoms with Crippen LogP contribution in [0.1, 0.15) is 24.3 Å². The summed E-state index contributed by atoms with van der Waals surface area (Å²) in [6.07, 6.45) is 1.16. The van der Waals surface area contributed by atoms with Crippen molar-refractivity contribution in [3.8, 4) is 0 Å². The summed E-state index contributed by atoms with van der Waals surface area (Å²) in [6, 6.07) is 8.84. The molecular weight excluding hydrogens is 416 g/mol. The zero-order chi connectivity index (χ0) is 20.7. The van der Waals surface area contributed by atoms with E-state index in [1.54, 1.807) is 0 Å². The average Bonchev–Trinajstić information content (AvgIpc) is 3.26. The number of urea groups is 1. The topological polar surface area (TPSA) is 131 Å². The van der Waals surface area contributed by atoms with Crippen LogP contribution >= 0.6 is 11.8 Å². The van der Waals surface area contributed by atoms with E-state index in [4.69, 9.17) is 4.42 Å². The highest BCUT2D eigenvalue weighted by Crippen LogP contribution is 2.24. The van der Waals surface area contributed by atoms with E-state index >= 15 is 0 Å². The van der Waals surface area contributed by atoms with Crippen LogP contribution in [0.25, 0.3) is 0 Å². The van der Waals surface area contributed by atoms with Crippen LogP contribution in [0.2, 0.25) is 0 Å². The van der Waals surface area contributed by atoms with Gasteiger partial charge >= 0.3 is 6.03 Å². The predicted octanol–water partition coefficient (Wildman–Crippen LogP) is 1.56. The third kappa shape index (κ3) is 7.17. The summed E-state index contributed by atoms with van der Waals surface area (Å²) < 4.78 is 28.5. The fraction of sp³-hybridized carbons (Fsp3) is 0.444. The smallest absolute Gasteiger partial charge is 0.321 e. The first kappa shape index (κ1) is 21.3. The molecule has 0 aliphatic carbocycles. The van der Waals surface area contributed by atoms with Crippen LogP contribution in [0.5, 0.6) is 0 Å². The number of amides is 3. The number of hydrogen-bond acceptors (Lipinski definition) is 8. The zero-order valence-electron chi connectivity index (χ0n) is 15.7. The minimum absolute atomic E-state index is 0.0125. The molecule has 3 rings (SSSR count). The normalized spacial score (nSPS) is 17.7. The molecule has 0 radical (unpaired) electrons. The molecule has 2 heterocycles. The Morgan fingerprint density at radius 1 is 1.21 bits per heavy atom. The number of hydrogen-bond donors (Lipinski definition) is 2. The third-order valence-corrected chi connectivity index (χ3v) is 7.00. The number of carbonyl (C=O) groups is 2. The molecule has 1 aromatic carbocycles.